The van der Waals surface area contributed by atoms with Crippen LogP contribution in [0.1, 0.15) is 28.6 Å². The minimum Gasteiger partial charge on any atom is -0.508 e. The average Bonchev–Trinajstić information content (AvgIpc) is 3.88. The molecule has 0 fully saturated rings. The van der Waals surface area contributed by atoms with E-state index in [0.717, 1.165) is 58.0 Å². The molecule has 3 heterocycles. The summed E-state index contributed by atoms with van der Waals surface area (Å²) >= 11 is 9.03. The maximum atomic E-state index is 10.9. The molecule has 0 saturated heterocycles. The first-order valence-corrected chi connectivity index (χ1v) is 20.0. The monoisotopic (exact) mass is 858 g/mol. The molecule has 18 heteroatoms. The highest BCUT2D eigenvalue weighted by atomic mass is 32.1. The standard InChI is InChI=1S/C10H9NO2S.C8H8N2OS.C8H10N2OS.C7H6N2OS.C7H9NO/c1-6(12)4-10-11-8-5-7(13)2-3-9(8)14-10;9-8-10-6-3-5(4-11)1-2-7(6)12-8;9-8(12)10-7-3-1-2-6(4-7)5-11;8-7-9-5-3-4(10)1-2-6(5)11-7;8-7-3-1-2-6(4-7)5-9/h2-3,5,13H,4H2,1H3;1-3,11H,4H2,(H2,9,10);1-4,11H,5H2,(H3,9,10,12);1-3,10H,(H2,8,9);1-4,9H,5,8H2. The van der Waals surface area contributed by atoms with Crippen molar-refractivity contribution >= 4 is 109 Å². The number of aliphatic hydroxyl groups excluding tert-OH is 3. The number of ketones is 1. The third-order valence-corrected chi connectivity index (χ3v) is 10.2. The van der Waals surface area contributed by atoms with Crippen molar-refractivity contribution in [1.29, 1.82) is 0 Å². The molecule has 5 aromatic carbocycles. The van der Waals surface area contributed by atoms with Gasteiger partial charge in [0.05, 0.1) is 56.9 Å². The highest BCUT2D eigenvalue weighted by molar-refractivity contribution is 7.80. The molecule has 14 nitrogen and oxygen atoms in total. The van der Waals surface area contributed by atoms with Gasteiger partial charge in [-0.1, -0.05) is 53.0 Å². The lowest BCUT2D eigenvalue weighted by atomic mass is 10.2. The van der Waals surface area contributed by atoms with Gasteiger partial charge in [-0.05, 0) is 96.5 Å². The van der Waals surface area contributed by atoms with Gasteiger partial charge in [-0.2, -0.15) is 0 Å². The number of aliphatic hydroxyl groups is 3. The molecule has 0 saturated carbocycles. The molecule has 58 heavy (non-hydrogen) atoms. The first-order valence-electron chi connectivity index (χ1n) is 17.1. The summed E-state index contributed by atoms with van der Waals surface area (Å²) in [5, 5.41) is 49.5. The lowest BCUT2D eigenvalue weighted by Crippen LogP contribution is -2.18. The van der Waals surface area contributed by atoms with E-state index in [-0.39, 0.29) is 42.2 Å². The van der Waals surface area contributed by atoms with Gasteiger partial charge in [-0.3, -0.25) is 4.79 Å². The predicted molar refractivity (Wildman–Crippen MR) is 241 cm³/mol. The van der Waals surface area contributed by atoms with Gasteiger partial charge >= 0.3 is 0 Å². The Morgan fingerprint density at radius 3 is 1.64 bits per heavy atom. The highest BCUT2D eigenvalue weighted by Crippen LogP contribution is 2.27. The van der Waals surface area contributed by atoms with E-state index in [9.17, 15) is 9.90 Å². The van der Waals surface area contributed by atoms with Crippen LogP contribution in [0.5, 0.6) is 11.5 Å². The Kier molecular flexibility index (Phi) is 17.0. The fraction of sp³-hybridized carbons (Fsp3) is 0.125. The van der Waals surface area contributed by atoms with E-state index in [1.165, 1.54) is 34.0 Å². The topological polar surface area (TPSA) is 273 Å². The quantitative estimate of drug-likeness (QED) is 0.0617. The van der Waals surface area contributed by atoms with Gasteiger partial charge in [-0.25, -0.2) is 15.0 Å². The number of phenolic OH excluding ortho intramolecular Hbond substituents is 2. The van der Waals surface area contributed by atoms with Crippen LogP contribution in [-0.2, 0) is 31.0 Å². The maximum Gasteiger partial charge on any atom is 0.181 e. The van der Waals surface area contributed by atoms with Gasteiger partial charge in [-0.15, -0.1) is 11.3 Å². The molecule has 0 aliphatic heterocycles. The van der Waals surface area contributed by atoms with Crippen molar-refractivity contribution in [2.45, 2.75) is 33.2 Å². The van der Waals surface area contributed by atoms with E-state index < -0.39 is 0 Å². The molecule has 302 valence electrons. The molecular formula is C40H42N8O6S4. The second-order valence-corrected chi connectivity index (χ2v) is 15.8. The molecule has 0 aliphatic carbocycles. The lowest BCUT2D eigenvalue weighted by Gasteiger charge is -2.04. The molecule has 8 rings (SSSR count). The number of nitrogens with one attached hydrogen (secondary N) is 1. The second-order valence-electron chi connectivity index (χ2n) is 12.1. The molecule has 8 aromatic rings. The number of hydrogen-bond acceptors (Lipinski definition) is 16. The molecule has 0 radical (unpaired) electrons. The largest absolute Gasteiger partial charge is 0.508 e. The predicted octanol–water partition coefficient (Wildman–Crippen LogP) is 6.68. The number of fused-ring (bicyclic) bond motifs is 3. The Bertz CT molecular complexity index is 2590. The van der Waals surface area contributed by atoms with Crippen LogP contribution in [0.2, 0.25) is 0 Å². The van der Waals surface area contributed by atoms with Gasteiger partial charge in [0, 0.05) is 23.5 Å². The number of nitrogens with two attached hydrogens (primary N) is 4. The normalized spacial score (nSPS) is 10.2. The van der Waals surface area contributed by atoms with Crippen molar-refractivity contribution in [3.63, 3.8) is 0 Å². The van der Waals surface area contributed by atoms with Gasteiger partial charge in [0.15, 0.2) is 15.4 Å². The SMILES string of the molecule is CC(=O)Cc1nc2cc(O)ccc2s1.NC(=S)Nc1cccc(CO)c1.Nc1cccc(CO)c1.Nc1nc2cc(CO)ccc2s1.Nc1nc2cc(O)ccc2s1. The van der Waals surface area contributed by atoms with E-state index in [0.29, 0.717) is 22.4 Å². The molecule has 0 spiro atoms. The molecule has 0 atom stereocenters. The van der Waals surface area contributed by atoms with Crippen LogP contribution in [0.3, 0.4) is 0 Å². The number of hydrogen-bond donors (Lipinski definition) is 10. The number of aromatic hydroxyl groups is 2. The number of Topliss-reactive ketones (excluding diaryl/α,β-unsaturated/α-hetero) is 1. The van der Waals surface area contributed by atoms with E-state index >= 15 is 0 Å². The van der Waals surface area contributed by atoms with Crippen molar-refractivity contribution in [2.75, 3.05) is 22.5 Å². The van der Waals surface area contributed by atoms with Crippen LogP contribution in [0.15, 0.2) is 103 Å². The van der Waals surface area contributed by atoms with Crippen LogP contribution in [0.25, 0.3) is 30.6 Å². The first-order chi connectivity index (χ1) is 27.7. The average molecular weight is 859 g/mol. The number of rotatable bonds is 6. The summed E-state index contributed by atoms with van der Waals surface area (Å²) in [6.45, 7) is 1.68. The Hall–Kier alpha value is -5.99. The fourth-order valence-corrected chi connectivity index (χ4v) is 7.42. The Balaban J connectivity index is 0.000000161. The van der Waals surface area contributed by atoms with Crippen LogP contribution in [0.4, 0.5) is 21.6 Å². The number of carbonyl (C=O) groups is 1. The van der Waals surface area contributed by atoms with Gasteiger partial charge in [0.1, 0.15) is 22.3 Å². The molecule has 0 amide bonds. The van der Waals surface area contributed by atoms with Crippen molar-refractivity contribution in [3.8, 4) is 11.5 Å². The number of thiazole rings is 3. The fourth-order valence-electron chi connectivity index (χ4n) is 4.86. The summed E-state index contributed by atoms with van der Waals surface area (Å²) in [5.41, 5.74) is 28.1. The summed E-state index contributed by atoms with van der Waals surface area (Å²) in [6.07, 6.45) is 0.375. The van der Waals surface area contributed by atoms with Crippen LogP contribution in [0, 0.1) is 0 Å². The van der Waals surface area contributed by atoms with Gasteiger partial charge in [0.2, 0.25) is 0 Å². The minimum absolute atomic E-state index is 0.0207. The Morgan fingerprint density at radius 2 is 1.12 bits per heavy atom. The number of anilines is 4. The number of aromatic nitrogens is 3. The Morgan fingerprint density at radius 1 is 0.638 bits per heavy atom. The first kappa shape index (κ1) is 44.7. The molecule has 14 N–H and O–H groups in total. The number of thiocarbonyl (C=S) groups is 1. The number of phenols is 2. The van der Waals surface area contributed by atoms with E-state index in [1.54, 1.807) is 55.5 Å². The third kappa shape index (κ3) is 14.5. The minimum atomic E-state index is 0.0207. The molecule has 0 unspecified atom stereocenters. The summed E-state index contributed by atoms with van der Waals surface area (Å²) in [6, 6.07) is 30.2. The summed E-state index contributed by atoms with van der Waals surface area (Å²) in [5.74, 6) is 0.535. The van der Waals surface area contributed by atoms with Crippen LogP contribution >= 0.6 is 46.2 Å². The summed E-state index contributed by atoms with van der Waals surface area (Å²) in [7, 11) is 0. The smallest absolute Gasteiger partial charge is 0.181 e. The van der Waals surface area contributed by atoms with Crippen molar-refractivity contribution in [1.82, 2.24) is 15.0 Å². The Labute approximate surface area is 350 Å². The zero-order valence-electron chi connectivity index (χ0n) is 31.1. The summed E-state index contributed by atoms with van der Waals surface area (Å²) in [4.78, 5) is 23.2. The third-order valence-electron chi connectivity index (χ3n) is 7.37. The number of nitrogen functional groups attached to an aromatic ring is 3. The van der Waals surface area contributed by atoms with E-state index in [2.05, 4.69) is 32.5 Å². The molecule has 0 bridgehead atoms. The molecule has 0 aliphatic rings. The van der Waals surface area contributed by atoms with Crippen molar-refractivity contribution < 1.29 is 30.3 Å². The van der Waals surface area contributed by atoms with Gasteiger partial charge < -0.3 is 53.8 Å². The van der Waals surface area contributed by atoms with Crippen LogP contribution < -0.4 is 28.3 Å². The number of benzene rings is 5. The molecule has 3 aromatic heterocycles. The lowest BCUT2D eigenvalue weighted by molar-refractivity contribution is -0.116. The van der Waals surface area contributed by atoms with Gasteiger partial charge in [0.25, 0.3) is 0 Å². The molecular weight excluding hydrogens is 817 g/mol. The van der Waals surface area contributed by atoms with E-state index in [1.807, 2.05) is 54.6 Å². The highest BCUT2D eigenvalue weighted by Gasteiger charge is 2.06. The zero-order valence-corrected chi connectivity index (χ0v) is 34.3. The number of nitrogens with zero attached hydrogens (tertiary/aromatic N) is 3. The second kappa shape index (κ2) is 22.1. The van der Waals surface area contributed by atoms with E-state index in [4.69, 9.17) is 43.4 Å². The van der Waals surface area contributed by atoms with Crippen molar-refractivity contribution in [2.24, 2.45) is 5.73 Å². The van der Waals surface area contributed by atoms with Crippen LogP contribution in [-0.4, -0.2) is 51.4 Å². The van der Waals surface area contributed by atoms with Crippen molar-refractivity contribution in [3.05, 3.63) is 125 Å². The number of carbonyl (C=O) groups excluding carboxylic acids is 1. The maximum absolute atomic E-state index is 10.9. The summed E-state index contributed by atoms with van der Waals surface area (Å²) < 4.78 is 3.06. The zero-order chi connectivity index (χ0) is 42.2.